The molecule has 0 saturated carbocycles. The van der Waals surface area contributed by atoms with Crippen molar-refractivity contribution in [3.05, 3.63) is 34.9 Å². The summed E-state index contributed by atoms with van der Waals surface area (Å²) < 4.78 is 0. The van der Waals surface area contributed by atoms with Crippen molar-refractivity contribution in [1.29, 1.82) is 0 Å². The highest BCUT2D eigenvalue weighted by molar-refractivity contribution is 6.30. The lowest BCUT2D eigenvalue weighted by Crippen LogP contribution is -2.60. The summed E-state index contributed by atoms with van der Waals surface area (Å²) in [5.74, 6) is -0.147. The summed E-state index contributed by atoms with van der Waals surface area (Å²) in [6.07, 6.45) is 3.02. The van der Waals surface area contributed by atoms with Crippen molar-refractivity contribution in [3.63, 3.8) is 0 Å². The van der Waals surface area contributed by atoms with Gasteiger partial charge in [-0.2, -0.15) is 0 Å². The Kier molecular flexibility index (Phi) is 7.11. The Balaban J connectivity index is 1.42. The number of nitrogens with zero attached hydrogens (tertiary/aromatic N) is 2. The highest BCUT2D eigenvalue weighted by Gasteiger charge is 2.41. The number of aliphatic hydroxyl groups is 2. The van der Waals surface area contributed by atoms with Gasteiger partial charge >= 0.3 is 0 Å². The number of nitrogens with one attached hydrogen (secondary N) is 1. The molecule has 27 heavy (non-hydrogen) atoms. The molecule has 0 radical (unpaired) electrons. The second kappa shape index (κ2) is 9.34. The first-order valence-corrected chi connectivity index (χ1v) is 10.2. The molecule has 0 bridgehead atoms. The third-order valence-corrected chi connectivity index (χ3v) is 5.92. The Bertz CT molecular complexity index is 621. The Morgan fingerprint density at radius 1 is 1.22 bits per heavy atom. The highest BCUT2D eigenvalue weighted by atomic mass is 35.5. The number of β-amino-alcohol motifs (C(OH)–C–C–N with tert-alkyl or cyclic N) is 1. The van der Waals surface area contributed by atoms with Crippen LogP contribution in [0.2, 0.25) is 5.02 Å². The van der Waals surface area contributed by atoms with Crippen molar-refractivity contribution in [2.45, 2.75) is 37.4 Å². The minimum Gasteiger partial charge on any atom is -0.388 e. The third-order valence-electron chi connectivity index (χ3n) is 5.66. The summed E-state index contributed by atoms with van der Waals surface area (Å²) in [6.45, 7) is 5.19. The second-order valence-corrected chi connectivity index (χ2v) is 8.14. The molecule has 0 aromatic heterocycles. The predicted octanol–water partition coefficient (Wildman–Crippen LogP) is 1.35. The predicted molar refractivity (Wildman–Crippen MR) is 106 cm³/mol. The molecular weight excluding hydrogens is 366 g/mol. The van der Waals surface area contributed by atoms with Crippen LogP contribution in [0.3, 0.4) is 0 Å². The van der Waals surface area contributed by atoms with E-state index >= 15 is 0 Å². The number of carbonyl (C=O) groups is 1. The van der Waals surface area contributed by atoms with Gasteiger partial charge < -0.3 is 25.3 Å². The average Bonchev–Trinajstić information content (AvgIpc) is 3.17. The van der Waals surface area contributed by atoms with Crippen LogP contribution >= 0.6 is 11.6 Å². The first kappa shape index (κ1) is 20.6. The first-order chi connectivity index (χ1) is 13.0. The number of hydrogen-bond acceptors (Lipinski definition) is 5. The van der Waals surface area contributed by atoms with E-state index in [4.69, 9.17) is 11.6 Å². The lowest BCUT2D eigenvalue weighted by atomic mass is 9.88. The van der Waals surface area contributed by atoms with Crippen LogP contribution in [0.1, 0.15) is 36.0 Å². The first-order valence-electron chi connectivity index (χ1n) is 9.86. The van der Waals surface area contributed by atoms with E-state index in [2.05, 4.69) is 10.2 Å². The standard InChI is InChI=1S/C20H30ClN3O3/c21-17-6-4-16(5-7-17)19(26)24-13-8-20(27,18(25)14-24)15-22-9-3-12-23-10-1-2-11-23/h4-7,18,22,25,27H,1-3,8-15H2/t18-,20-/m0/s1. The zero-order valence-corrected chi connectivity index (χ0v) is 16.5. The Morgan fingerprint density at radius 3 is 2.59 bits per heavy atom. The van der Waals surface area contributed by atoms with Gasteiger partial charge in [0.05, 0.1) is 0 Å². The van der Waals surface area contributed by atoms with Crippen molar-refractivity contribution in [3.8, 4) is 0 Å². The van der Waals surface area contributed by atoms with E-state index in [1.54, 1.807) is 29.2 Å². The van der Waals surface area contributed by atoms with Crippen molar-refractivity contribution in [2.24, 2.45) is 0 Å². The van der Waals surface area contributed by atoms with Crippen LogP contribution in [0.5, 0.6) is 0 Å². The van der Waals surface area contributed by atoms with Gasteiger partial charge in [0.15, 0.2) is 0 Å². The normalized spacial score (nSPS) is 26.5. The van der Waals surface area contributed by atoms with Crippen LogP contribution in [0.4, 0.5) is 0 Å². The van der Waals surface area contributed by atoms with E-state index in [1.807, 2.05) is 0 Å². The Labute approximate surface area is 166 Å². The van der Waals surface area contributed by atoms with Gasteiger partial charge in [0.2, 0.25) is 0 Å². The number of likely N-dealkylation sites (tertiary alicyclic amines) is 2. The van der Waals surface area contributed by atoms with Crippen LogP contribution in [-0.2, 0) is 0 Å². The molecule has 2 fully saturated rings. The summed E-state index contributed by atoms with van der Waals surface area (Å²) in [4.78, 5) is 16.6. The number of aliphatic hydroxyl groups excluding tert-OH is 1. The molecule has 2 aliphatic rings. The van der Waals surface area contributed by atoms with Gasteiger partial charge in [-0.3, -0.25) is 4.79 Å². The number of rotatable bonds is 7. The molecule has 6 nitrogen and oxygen atoms in total. The molecule has 1 amide bonds. The fourth-order valence-electron chi connectivity index (χ4n) is 3.87. The highest BCUT2D eigenvalue weighted by Crippen LogP contribution is 2.24. The summed E-state index contributed by atoms with van der Waals surface area (Å²) in [5.41, 5.74) is -0.651. The number of amides is 1. The Hall–Kier alpha value is -1.18. The lowest BCUT2D eigenvalue weighted by Gasteiger charge is -2.42. The smallest absolute Gasteiger partial charge is 0.253 e. The summed E-state index contributed by atoms with van der Waals surface area (Å²) in [6, 6.07) is 6.72. The van der Waals surface area contributed by atoms with Crippen molar-refractivity contribution in [1.82, 2.24) is 15.1 Å². The largest absolute Gasteiger partial charge is 0.388 e. The zero-order valence-electron chi connectivity index (χ0n) is 15.7. The molecule has 1 aromatic carbocycles. The van der Waals surface area contributed by atoms with Crippen molar-refractivity contribution < 1.29 is 15.0 Å². The van der Waals surface area contributed by atoms with Crippen molar-refractivity contribution in [2.75, 3.05) is 45.8 Å². The molecule has 150 valence electrons. The number of hydrogen-bond donors (Lipinski definition) is 3. The van der Waals surface area contributed by atoms with E-state index in [0.717, 1.165) is 19.5 Å². The molecule has 1 aromatic rings. The van der Waals surface area contributed by atoms with Crippen LogP contribution in [0.15, 0.2) is 24.3 Å². The molecule has 3 rings (SSSR count). The van der Waals surface area contributed by atoms with Crippen LogP contribution in [-0.4, -0.2) is 83.4 Å². The minimum absolute atomic E-state index is 0.132. The van der Waals surface area contributed by atoms with E-state index < -0.39 is 11.7 Å². The molecule has 3 N–H and O–H groups in total. The number of benzene rings is 1. The van der Waals surface area contributed by atoms with E-state index in [9.17, 15) is 15.0 Å². The minimum atomic E-state index is -1.19. The molecule has 0 unspecified atom stereocenters. The molecule has 2 atom stereocenters. The maximum atomic E-state index is 12.6. The summed E-state index contributed by atoms with van der Waals surface area (Å²) >= 11 is 5.86. The molecule has 0 spiro atoms. The van der Waals surface area contributed by atoms with Gasteiger partial charge in [0, 0.05) is 30.2 Å². The number of carbonyl (C=O) groups excluding carboxylic acids is 1. The van der Waals surface area contributed by atoms with E-state index in [0.29, 0.717) is 30.1 Å². The quantitative estimate of drug-likeness (QED) is 0.608. The molecule has 2 aliphatic heterocycles. The fraction of sp³-hybridized carbons (Fsp3) is 0.650. The molecule has 7 heteroatoms. The van der Waals surface area contributed by atoms with Crippen LogP contribution < -0.4 is 5.32 Å². The topological polar surface area (TPSA) is 76.0 Å². The summed E-state index contributed by atoms with van der Waals surface area (Å²) in [7, 11) is 0. The van der Waals surface area contributed by atoms with Gasteiger partial charge in [-0.25, -0.2) is 0 Å². The number of halogens is 1. The molecule has 2 saturated heterocycles. The van der Waals surface area contributed by atoms with Gasteiger partial charge in [0.25, 0.3) is 5.91 Å². The molecule has 2 heterocycles. The SMILES string of the molecule is O=C(c1ccc(Cl)cc1)N1CC[C@](O)(CNCCCN2CCCC2)[C@@H](O)C1. The van der Waals surface area contributed by atoms with Crippen molar-refractivity contribution >= 4 is 17.5 Å². The monoisotopic (exact) mass is 395 g/mol. The lowest BCUT2D eigenvalue weighted by molar-refractivity contribution is -0.110. The zero-order chi connectivity index (χ0) is 19.3. The van der Waals surface area contributed by atoms with Gasteiger partial charge in [-0.1, -0.05) is 11.6 Å². The van der Waals surface area contributed by atoms with Gasteiger partial charge in [0.1, 0.15) is 11.7 Å². The van der Waals surface area contributed by atoms with Crippen LogP contribution in [0.25, 0.3) is 0 Å². The molecular formula is C20H30ClN3O3. The fourth-order valence-corrected chi connectivity index (χ4v) is 4.00. The number of piperidine rings is 1. The molecule has 0 aliphatic carbocycles. The maximum Gasteiger partial charge on any atom is 0.253 e. The van der Waals surface area contributed by atoms with E-state index in [-0.39, 0.29) is 12.5 Å². The van der Waals surface area contributed by atoms with E-state index in [1.165, 1.54) is 25.9 Å². The maximum absolute atomic E-state index is 12.6. The van der Waals surface area contributed by atoms with Crippen LogP contribution in [0, 0.1) is 0 Å². The third kappa shape index (κ3) is 5.42. The van der Waals surface area contributed by atoms with Gasteiger partial charge in [-0.15, -0.1) is 0 Å². The second-order valence-electron chi connectivity index (χ2n) is 7.71. The van der Waals surface area contributed by atoms with Gasteiger partial charge in [-0.05, 0) is 76.1 Å². The Morgan fingerprint density at radius 2 is 1.93 bits per heavy atom. The summed E-state index contributed by atoms with van der Waals surface area (Å²) in [5, 5.41) is 25.1. The average molecular weight is 396 g/mol.